The topological polar surface area (TPSA) is 3.24 Å². The van der Waals surface area contributed by atoms with Gasteiger partial charge in [-0.3, -0.25) is 0 Å². The molecular weight excluding hydrogens is 579 g/mol. The molecule has 7 aromatic rings. The van der Waals surface area contributed by atoms with Crippen molar-refractivity contribution in [2.75, 3.05) is 4.90 Å². The van der Waals surface area contributed by atoms with Crippen LogP contribution in [0.5, 0.6) is 0 Å². The van der Waals surface area contributed by atoms with Crippen molar-refractivity contribution in [3.63, 3.8) is 0 Å². The highest BCUT2D eigenvalue weighted by atomic mass is 15.1. The molecule has 0 saturated heterocycles. The molecule has 0 aliphatic heterocycles. The zero-order chi connectivity index (χ0) is 32.2. The number of rotatable bonds is 5. The first-order valence-electron chi connectivity index (χ1n) is 17.7. The Morgan fingerprint density at radius 2 is 1.15 bits per heavy atom. The number of nitrogens with zero attached hydrogens (tertiary/aromatic N) is 1. The fraction of sp³-hybridized carbons (Fsp3) is 0.191. The molecule has 2 aliphatic rings. The number of hydrogen-bond acceptors (Lipinski definition) is 1. The van der Waals surface area contributed by atoms with Gasteiger partial charge in [-0.15, -0.1) is 0 Å². The Bertz CT molecular complexity index is 2300. The lowest BCUT2D eigenvalue weighted by Gasteiger charge is -2.31. The molecule has 0 atom stereocenters. The molecule has 9 rings (SSSR count). The average molecular weight is 620 g/mol. The number of benzene rings is 7. The molecule has 0 heterocycles. The Morgan fingerprint density at radius 3 is 1.98 bits per heavy atom. The first-order valence-corrected chi connectivity index (χ1v) is 17.7. The zero-order valence-electron chi connectivity index (χ0n) is 27.9. The summed E-state index contributed by atoms with van der Waals surface area (Å²) >= 11 is 0. The van der Waals surface area contributed by atoms with Gasteiger partial charge in [0.05, 0.1) is 5.69 Å². The third kappa shape index (κ3) is 4.75. The molecule has 0 aromatic heterocycles. The van der Waals surface area contributed by atoms with Crippen LogP contribution in [0, 0.1) is 0 Å². The summed E-state index contributed by atoms with van der Waals surface area (Å²) in [7, 11) is 0. The third-order valence-corrected chi connectivity index (χ3v) is 11.2. The van der Waals surface area contributed by atoms with Gasteiger partial charge in [0.25, 0.3) is 0 Å². The van der Waals surface area contributed by atoms with Crippen LogP contribution < -0.4 is 4.90 Å². The molecule has 1 heteroatoms. The van der Waals surface area contributed by atoms with Gasteiger partial charge in [0.2, 0.25) is 0 Å². The molecule has 1 nitrogen and oxygen atoms in total. The standard InChI is InChI=1S/C47H41N/c1-47(2)44-19-11-10-18-42(44)43-29-27-39(31-45(43)47)48(38-25-22-34(23-26-38)32-12-4-3-5-13-32)46-40-17-9-8-15-35(40)24-28-41(46)37-21-20-33-14-6-7-16-36(33)30-37/h6-11,14-32H,3-5,12-13H2,1-2H3. The van der Waals surface area contributed by atoms with E-state index in [1.807, 2.05) is 0 Å². The van der Waals surface area contributed by atoms with Crippen molar-refractivity contribution in [1.82, 2.24) is 0 Å². The minimum Gasteiger partial charge on any atom is -0.309 e. The predicted octanol–water partition coefficient (Wildman–Crippen LogP) is 13.5. The van der Waals surface area contributed by atoms with E-state index in [1.54, 1.807) is 0 Å². The maximum Gasteiger partial charge on any atom is 0.0618 e. The molecular formula is C47H41N. The van der Waals surface area contributed by atoms with E-state index in [2.05, 4.69) is 164 Å². The molecule has 0 radical (unpaired) electrons. The number of hydrogen-bond donors (Lipinski definition) is 0. The molecule has 2 aliphatic carbocycles. The lowest BCUT2D eigenvalue weighted by Crippen LogP contribution is -2.17. The molecule has 1 saturated carbocycles. The van der Waals surface area contributed by atoms with E-state index < -0.39 is 0 Å². The minimum atomic E-state index is -0.0849. The van der Waals surface area contributed by atoms with E-state index in [-0.39, 0.29) is 5.41 Å². The highest BCUT2D eigenvalue weighted by molar-refractivity contribution is 6.07. The van der Waals surface area contributed by atoms with Crippen LogP contribution in [0.25, 0.3) is 43.8 Å². The lowest BCUT2D eigenvalue weighted by molar-refractivity contribution is 0.443. The summed E-state index contributed by atoms with van der Waals surface area (Å²) < 4.78 is 0. The molecule has 0 spiro atoms. The second kappa shape index (κ2) is 11.5. The highest BCUT2D eigenvalue weighted by Crippen LogP contribution is 2.52. The summed E-state index contributed by atoms with van der Waals surface area (Å²) in [5, 5.41) is 5.02. The van der Waals surface area contributed by atoms with Gasteiger partial charge < -0.3 is 4.90 Å². The second-order valence-electron chi connectivity index (χ2n) is 14.4. The van der Waals surface area contributed by atoms with E-state index in [0.29, 0.717) is 5.92 Å². The fourth-order valence-corrected chi connectivity index (χ4v) is 8.66. The van der Waals surface area contributed by atoms with Crippen LogP contribution >= 0.6 is 0 Å². The molecule has 1 fully saturated rings. The summed E-state index contributed by atoms with van der Waals surface area (Å²) in [6.45, 7) is 4.76. The maximum atomic E-state index is 2.54. The number of anilines is 3. The third-order valence-electron chi connectivity index (χ3n) is 11.2. The van der Waals surface area contributed by atoms with E-state index in [9.17, 15) is 0 Å². The largest absolute Gasteiger partial charge is 0.309 e. The minimum absolute atomic E-state index is 0.0849. The summed E-state index contributed by atoms with van der Waals surface area (Å²) in [4.78, 5) is 2.54. The van der Waals surface area contributed by atoms with Crippen molar-refractivity contribution in [2.45, 2.75) is 57.3 Å². The molecule has 0 bridgehead atoms. The molecule has 0 unspecified atom stereocenters. The van der Waals surface area contributed by atoms with Crippen LogP contribution in [0.4, 0.5) is 17.1 Å². The first-order chi connectivity index (χ1) is 23.6. The van der Waals surface area contributed by atoms with Crippen LogP contribution in [0.1, 0.15) is 68.6 Å². The van der Waals surface area contributed by atoms with Crippen molar-refractivity contribution >= 4 is 38.6 Å². The first kappa shape index (κ1) is 29.0. The van der Waals surface area contributed by atoms with Gasteiger partial charge in [-0.25, -0.2) is 0 Å². The smallest absolute Gasteiger partial charge is 0.0618 e. The van der Waals surface area contributed by atoms with Gasteiger partial charge in [-0.1, -0.05) is 148 Å². The fourth-order valence-electron chi connectivity index (χ4n) is 8.66. The normalized spacial score (nSPS) is 15.4. The van der Waals surface area contributed by atoms with Gasteiger partial charge in [-0.05, 0) is 98.6 Å². The Morgan fingerprint density at radius 1 is 0.500 bits per heavy atom. The molecule has 0 N–H and O–H groups in total. The lowest BCUT2D eigenvalue weighted by atomic mass is 9.82. The van der Waals surface area contributed by atoms with Crippen molar-refractivity contribution in [3.05, 3.63) is 162 Å². The van der Waals surface area contributed by atoms with E-state index >= 15 is 0 Å². The number of fused-ring (bicyclic) bond motifs is 5. The van der Waals surface area contributed by atoms with Gasteiger partial charge in [0.15, 0.2) is 0 Å². The monoisotopic (exact) mass is 619 g/mol. The molecule has 7 aromatic carbocycles. The summed E-state index contributed by atoms with van der Waals surface area (Å²) in [6.07, 6.45) is 6.67. The van der Waals surface area contributed by atoms with E-state index in [4.69, 9.17) is 0 Å². The van der Waals surface area contributed by atoms with Crippen LogP contribution in [0.15, 0.2) is 146 Å². The highest BCUT2D eigenvalue weighted by Gasteiger charge is 2.36. The average Bonchev–Trinajstić information content (AvgIpc) is 3.38. The Kier molecular flexibility index (Phi) is 6.97. The van der Waals surface area contributed by atoms with Crippen molar-refractivity contribution in [1.29, 1.82) is 0 Å². The Balaban J connectivity index is 1.29. The maximum absolute atomic E-state index is 2.54. The SMILES string of the molecule is CC1(C)c2ccccc2-c2ccc(N(c3ccc(C4CCCCC4)cc3)c3c(-c4ccc5ccccc5c4)ccc4ccccc34)cc21. The van der Waals surface area contributed by atoms with Crippen LogP contribution in [0.2, 0.25) is 0 Å². The van der Waals surface area contributed by atoms with Gasteiger partial charge in [0.1, 0.15) is 0 Å². The zero-order valence-corrected chi connectivity index (χ0v) is 27.9. The molecule has 0 amide bonds. The quantitative estimate of drug-likeness (QED) is 0.185. The van der Waals surface area contributed by atoms with Gasteiger partial charge >= 0.3 is 0 Å². The second-order valence-corrected chi connectivity index (χ2v) is 14.4. The van der Waals surface area contributed by atoms with Gasteiger partial charge in [0, 0.05) is 27.7 Å². The van der Waals surface area contributed by atoms with Gasteiger partial charge in [-0.2, -0.15) is 0 Å². The molecule has 48 heavy (non-hydrogen) atoms. The van der Waals surface area contributed by atoms with Crippen molar-refractivity contribution in [2.24, 2.45) is 0 Å². The predicted molar refractivity (Wildman–Crippen MR) is 205 cm³/mol. The van der Waals surface area contributed by atoms with Crippen LogP contribution in [0.3, 0.4) is 0 Å². The summed E-state index contributed by atoms with van der Waals surface area (Å²) in [5.74, 6) is 0.672. The summed E-state index contributed by atoms with van der Waals surface area (Å²) in [5.41, 5.74) is 13.0. The van der Waals surface area contributed by atoms with Crippen molar-refractivity contribution < 1.29 is 0 Å². The van der Waals surface area contributed by atoms with Crippen molar-refractivity contribution in [3.8, 4) is 22.3 Å². The molecule has 234 valence electrons. The Labute approximate surface area is 284 Å². The van der Waals surface area contributed by atoms with E-state index in [1.165, 1.54) is 110 Å². The van der Waals surface area contributed by atoms with E-state index in [0.717, 1.165) is 0 Å². The summed E-state index contributed by atoms with van der Waals surface area (Å²) in [6, 6.07) is 54.8. The van der Waals surface area contributed by atoms with Crippen LogP contribution in [-0.2, 0) is 5.41 Å². The van der Waals surface area contributed by atoms with Crippen LogP contribution in [-0.4, -0.2) is 0 Å². The Hall–Kier alpha value is -5.14.